The molecule has 1 heterocycles. The third-order valence-corrected chi connectivity index (χ3v) is 3.63. The number of benzene rings is 1. The monoisotopic (exact) mass is 305 g/mol. The molecule has 112 valence electrons. The molecule has 0 radical (unpaired) electrons. The van der Waals surface area contributed by atoms with E-state index in [4.69, 9.17) is 16.3 Å². The predicted octanol–water partition coefficient (Wildman–Crippen LogP) is 3.90. The first-order chi connectivity index (χ1) is 10.0. The van der Waals surface area contributed by atoms with E-state index in [1.54, 1.807) is 7.11 Å². The number of aromatic nitrogens is 2. The highest BCUT2D eigenvalue weighted by atomic mass is 35.5. The highest BCUT2D eigenvalue weighted by Crippen LogP contribution is 2.30. The lowest BCUT2D eigenvalue weighted by molar-refractivity contribution is 0.414. The molecule has 1 aromatic heterocycles. The number of nitrogens with zero attached hydrogens (tertiary/aromatic N) is 3. The third kappa shape index (κ3) is 3.64. The maximum absolute atomic E-state index is 6.22. The summed E-state index contributed by atoms with van der Waals surface area (Å²) in [6.07, 6.45) is 1.51. The van der Waals surface area contributed by atoms with Crippen LogP contribution in [-0.4, -0.2) is 24.1 Å². The van der Waals surface area contributed by atoms with Crippen molar-refractivity contribution in [1.82, 2.24) is 9.97 Å². The zero-order valence-electron chi connectivity index (χ0n) is 12.8. The molecule has 5 heteroatoms. The fraction of sp³-hybridized carbons (Fsp3) is 0.375. The van der Waals surface area contributed by atoms with E-state index in [0.29, 0.717) is 5.15 Å². The van der Waals surface area contributed by atoms with Gasteiger partial charge < -0.3 is 9.64 Å². The molecule has 2 aromatic rings. The van der Waals surface area contributed by atoms with Crippen molar-refractivity contribution < 1.29 is 4.74 Å². The third-order valence-electron chi connectivity index (χ3n) is 3.33. The van der Waals surface area contributed by atoms with Crippen molar-refractivity contribution in [3.05, 3.63) is 46.9 Å². The van der Waals surface area contributed by atoms with E-state index in [1.165, 1.54) is 11.9 Å². The van der Waals surface area contributed by atoms with Gasteiger partial charge in [-0.2, -0.15) is 0 Å². The summed E-state index contributed by atoms with van der Waals surface area (Å²) in [5, 5.41) is 0.525. The number of rotatable bonds is 5. The fourth-order valence-corrected chi connectivity index (χ4v) is 2.59. The van der Waals surface area contributed by atoms with E-state index in [-0.39, 0.29) is 5.92 Å². The molecule has 0 atom stereocenters. The van der Waals surface area contributed by atoms with Gasteiger partial charge >= 0.3 is 0 Å². The van der Waals surface area contributed by atoms with Crippen molar-refractivity contribution in [1.29, 1.82) is 0 Å². The number of hydrogen-bond donors (Lipinski definition) is 0. The van der Waals surface area contributed by atoms with Gasteiger partial charge in [-0.25, -0.2) is 9.97 Å². The van der Waals surface area contributed by atoms with E-state index in [9.17, 15) is 0 Å². The van der Waals surface area contributed by atoms with E-state index >= 15 is 0 Å². The molecule has 0 aliphatic heterocycles. The van der Waals surface area contributed by atoms with Crippen molar-refractivity contribution in [3.8, 4) is 5.75 Å². The standard InChI is InChI=1S/C16H20ClN3O/c1-11(2)14-15(17)18-10-19-16(14)20(3)9-12-5-7-13(21-4)8-6-12/h5-8,10-11H,9H2,1-4H3. The van der Waals surface area contributed by atoms with Gasteiger partial charge in [0.15, 0.2) is 0 Å². The molecule has 0 bridgehead atoms. The van der Waals surface area contributed by atoms with Gasteiger partial charge in [0.1, 0.15) is 23.0 Å². The Balaban J connectivity index is 2.23. The molecular weight excluding hydrogens is 286 g/mol. The Kier molecular flexibility index (Phi) is 5.02. The van der Waals surface area contributed by atoms with Gasteiger partial charge in [0.05, 0.1) is 7.11 Å². The summed E-state index contributed by atoms with van der Waals surface area (Å²) in [5.41, 5.74) is 2.16. The van der Waals surface area contributed by atoms with Crippen LogP contribution in [0.1, 0.15) is 30.9 Å². The van der Waals surface area contributed by atoms with Crippen LogP contribution < -0.4 is 9.64 Å². The minimum absolute atomic E-state index is 0.270. The van der Waals surface area contributed by atoms with Crippen LogP contribution in [0.5, 0.6) is 5.75 Å². The van der Waals surface area contributed by atoms with E-state index in [2.05, 4.69) is 28.7 Å². The molecule has 2 rings (SSSR count). The smallest absolute Gasteiger partial charge is 0.138 e. The van der Waals surface area contributed by atoms with E-state index in [0.717, 1.165) is 23.7 Å². The maximum Gasteiger partial charge on any atom is 0.138 e. The van der Waals surface area contributed by atoms with Crippen LogP contribution in [-0.2, 0) is 6.54 Å². The van der Waals surface area contributed by atoms with E-state index < -0.39 is 0 Å². The number of ether oxygens (including phenoxy) is 1. The molecule has 4 nitrogen and oxygen atoms in total. The summed E-state index contributed by atoms with van der Waals surface area (Å²) in [4.78, 5) is 10.6. The molecule has 0 fully saturated rings. The van der Waals surface area contributed by atoms with Crippen LogP contribution in [0, 0.1) is 0 Å². The van der Waals surface area contributed by atoms with E-state index in [1.807, 2.05) is 31.3 Å². The normalized spacial score (nSPS) is 10.8. The lowest BCUT2D eigenvalue weighted by atomic mass is 10.1. The summed E-state index contributed by atoms with van der Waals surface area (Å²) in [6, 6.07) is 8.01. The van der Waals surface area contributed by atoms with Crippen LogP contribution in [0.2, 0.25) is 5.15 Å². The fourth-order valence-electron chi connectivity index (χ4n) is 2.25. The Morgan fingerprint density at radius 2 is 1.86 bits per heavy atom. The summed E-state index contributed by atoms with van der Waals surface area (Å²) in [7, 11) is 3.67. The molecule has 0 saturated heterocycles. The highest BCUT2D eigenvalue weighted by molar-refractivity contribution is 6.30. The number of methoxy groups -OCH3 is 1. The number of halogens is 1. The maximum atomic E-state index is 6.22. The van der Waals surface area contributed by atoms with Gasteiger partial charge in [-0.1, -0.05) is 37.6 Å². The van der Waals surface area contributed by atoms with Crippen LogP contribution in [0.25, 0.3) is 0 Å². The van der Waals surface area contributed by atoms with Gasteiger partial charge in [-0.15, -0.1) is 0 Å². The Hall–Kier alpha value is -1.81. The lowest BCUT2D eigenvalue weighted by Crippen LogP contribution is -2.20. The second-order valence-corrected chi connectivity index (χ2v) is 5.62. The first-order valence-electron chi connectivity index (χ1n) is 6.87. The van der Waals surface area contributed by atoms with Crippen molar-refractivity contribution in [2.24, 2.45) is 0 Å². The molecule has 0 saturated carbocycles. The topological polar surface area (TPSA) is 38.2 Å². The number of anilines is 1. The molecular formula is C16H20ClN3O. The molecule has 0 aliphatic rings. The van der Waals surface area contributed by atoms with Crippen molar-refractivity contribution in [3.63, 3.8) is 0 Å². The van der Waals surface area contributed by atoms with Gasteiger partial charge in [0, 0.05) is 19.2 Å². The number of hydrogen-bond acceptors (Lipinski definition) is 4. The molecule has 0 aliphatic carbocycles. The Bertz CT molecular complexity index is 599. The average Bonchev–Trinajstić information content (AvgIpc) is 2.47. The minimum atomic E-state index is 0.270. The molecule has 1 aromatic carbocycles. The zero-order chi connectivity index (χ0) is 15.4. The van der Waals surface area contributed by atoms with Crippen LogP contribution in [0.4, 0.5) is 5.82 Å². The van der Waals surface area contributed by atoms with Crippen LogP contribution >= 0.6 is 11.6 Å². The molecule has 21 heavy (non-hydrogen) atoms. The van der Waals surface area contributed by atoms with Gasteiger partial charge in [-0.3, -0.25) is 0 Å². The second-order valence-electron chi connectivity index (χ2n) is 5.26. The van der Waals surface area contributed by atoms with Gasteiger partial charge in [-0.05, 0) is 23.6 Å². The quantitative estimate of drug-likeness (QED) is 0.785. The zero-order valence-corrected chi connectivity index (χ0v) is 13.6. The largest absolute Gasteiger partial charge is 0.497 e. The lowest BCUT2D eigenvalue weighted by Gasteiger charge is -2.23. The van der Waals surface area contributed by atoms with Gasteiger partial charge in [0.2, 0.25) is 0 Å². The van der Waals surface area contributed by atoms with Crippen LogP contribution in [0.3, 0.4) is 0 Å². The SMILES string of the molecule is COc1ccc(CN(C)c2ncnc(Cl)c2C(C)C)cc1. The molecule has 0 unspecified atom stereocenters. The van der Waals surface area contributed by atoms with Crippen molar-refractivity contribution >= 4 is 17.4 Å². The highest BCUT2D eigenvalue weighted by Gasteiger charge is 2.16. The summed E-state index contributed by atoms with van der Waals surface area (Å²) < 4.78 is 5.17. The Morgan fingerprint density at radius 1 is 1.19 bits per heavy atom. The summed E-state index contributed by atoms with van der Waals surface area (Å²) in [5.74, 6) is 2.00. The summed E-state index contributed by atoms with van der Waals surface area (Å²) >= 11 is 6.22. The van der Waals surface area contributed by atoms with Crippen molar-refractivity contribution in [2.45, 2.75) is 26.3 Å². The van der Waals surface area contributed by atoms with Crippen molar-refractivity contribution in [2.75, 3.05) is 19.1 Å². The molecule has 0 amide bonds. The minimum Gasteiger partial charge on any atom is -0.497 e. The molecule has 0 N–H and O–H groups in total. The Morgan fingerprint density at radius 3 is 2.43 bits per heavy atom. The molecule has 0 spiro atoms. The van der Waals surface area contributed by atoms with Gasteiger partial charge in [0.25, 0.3) is 0 Å². The second kappa shape index (κ2) is 6.76. The Labute approximate surface area is 130 Å². The average molecular weight is 306 g/mol. The summed E-state index contributed by atoms with van der Waals surface area (Å²) in [6.45, 7) is 4.93. The first kappa shape index (κ1) is 15.6. The van der Waals surface area contributed by atoms with Crippen LogP contribution in [0.15, 0.2) is 30.6 Å². The first-order valence-corrected chi connectivity index (χ1v) is 7.25. The predicted molar refractivity (Wildman–Crippen MR) is 86.2 cm³/mol.